The van der Waals surface area contributed by atoms with Crippen molar-refractivity contribution in [2.24, 2.45) is 0 Å². The van der Waals surface area contributed by atoms with Crippen molar-refractivity contribution < 1.29 is 58.0 Å². The SMILES string of the molecule is COCC[N+](CCCS(=O)(=O)[O-])=c1ccc2c(C(C)(C)C)cc(/C=C/C=C3/N(CCCCCC(=O)O)c4ccc(S(=O)(=O)[O-])cc4C3(C)CCCS(=O)(=O)[O-])oc-2c1. The van der Waals surface area contributed by atoms with Crippen LogP contribution < -0.4 is 14.8 Å². The maximum absolute atomic E-state index is 12.1. The van der Waals surface area contributed by atoms with Crippen LogP contribution in [0.15, 0.2) is 69.6 Å². The highest BCUT2D eigenvalue weighted by atomic mass is 32.2. The van der Waals surface area contributed by atoms with E-state index >= 15 is 0 Å². The molecule has 58 heavy (non-hydrogen) atoms. The summed E-state index contributed by atoms with van der Waals surface area (Å²) in [5.74, 6) is -1.05. The Morgan fingerprint density at radius 1 is 0.914 bits per heavy atom. The second-order valence-corrected chi connectivity index (χ2v) is 20.1. The standard InChI is InChI=1S/C40H54N2O13S3/c1-39(2,3)33-27-30(55-36-26-29(15-17-32(33)36)41(22-23-54-5)20-11-25-57(48,49)50)12-9-13-37-40(4,19-10-24-56(45,46)47)34-28-31(58(51,52)53)16-18-35(34)42(37)21-8-6-7-14-38(43)44/h9,12-13,15-18,26-28H,6-8,10-11,14,19-25H2,1-5H3,(H3-,43,44,45,46,47,48,49,50,51,52,53)/p-2. The normalized spacial score (nSPS) is 17.7. The summed E-state index contributed by atoms with van der Waals surface area (Å²) in [7, 11) is -12.3. The molecule has 0 amide bonds. The van der Waals surface area contributed by atoms with Crippen LogP contribution in [0.2, 0.25) is 0 Å². The van der Waals surface area contributed by atoms with Gasteiger partial charge in [-0.1, -0.05) is 33.3 Å². The van der Waals surface area contributed by atoms with Gasteiger partial charge in [0.05, 0.1) is 31.2 Å². The molecule has 0 radical (unpaired) electrons. The Balaban J connectivity index is 1.86. The summed E-state index contributed by atoms with van der Waals surface area (Å²) in [4.78, 5) is 12.6. The van der Waals surface area contributed by atoms with Crippen molar-refractivity contribution in [1.29, 1.82) is 0 Å². The molecule has 1 unspecified atom stereocenters. The van der Waals surface area contributed by atoms with E-state index in [9.17, 15) is 43.7 Å². The fourth-order valence-electron chi connectivity index (χ4n) is 7.35. The van der Waals surface area contributed by atoms with Crippen molar-refractivity contribution in [3.8, 4) is 11.3 Å². The topological polar surface area (TPSA) is 238 Å². The lowest BCUT2D eigenvalue weighted by Crippen LogP contribution is -2.34. The van der Waals surface area contributed by atoms with Gasteiger partial charge in [0.1, 0.15) is 34.8 Å². The zero-order chi connectivity index (χ0) is 43.1. The Hall–Kier alpha value is -3.91. The van der Waals surface area contributed by atoms with Crippen LogP contribution in [0.4, 0.5) is 5.69 Å². The molecule has 18 heteroatoms. The summed E-state index contributed by atoms with van der Waals surface area (Å²) < 4.78 is 119. The van der Waals surface area contributed by atoms with E-state index in [0.717, 1.165) is 16.5 Å². The maximum atomic E-state index is 12.1. The number of hydrogen-bond acceptors (Lipinski definition) is 13. The lowest BCUT2D eigenvalue weighted by atomic mass is 9.77. The predicted molar refractivity (Wildman–Crippen MR) is 216 cm³/mol. The zero-order valence-electron chi connectivity index (χ0n) is 33.4. The van der Waals surface area contributed by atoms with E-state index in [0.29, 0.717) is 67.4 Å². The molecule has 0 spiro atoms. The minimum atomic E-state index is -4.86. The van der Waals surface area contributed by atoms with Crippen molar-refractivity contribution in [2.45, 2.75) is 88.4 Å². The first-order valence-electron chi connectivity index (χ1n) is 18.9. The van der Waals surface area contributed by atoms with Crippen molar-refractivity contribution in [3.05, 3.63) is 82.6 Å². The number of carboxylic acid groups (broad SMARTS) is 1. The fourth-order valence-corrected chi connectivity index (χ4v) is 8.83. The van der Waals surface area contributed by atoms with Crippen LogP contribution in [0.1, 0.15) is 89.5 Å². The average molecular weight is 865 g/mol. The number of carbonyl (C=O) groups is 1. The molecule has 0 saturated carbocycles. The molecule has 2 aliphatic heterocycles. The predicted octanol–water partition coefficient (Wildman–Crippen LogP) is 4.59. The number of ether oxygens (including phenoxy) is 1. The van der Waals surface area contributed by atoms with Gasteiger partial charge in [0.2, 0.25) is 5.36 Å². The number of methoxy groups -OCH3 is 1. The Morgan fingerprint density at radius 3 is 2.22 bits per heavy atom. The first-order chi connectivity index (χ1) is 26.9. The molecule has 4 rings (SSSR count). The number of nitrogens with zero attached hydrogens (tertiary/aromatic N) is 2. The molecule has 2 heterocycles. The molecular weight excluding hydrogens is 813 g/mol. The van der Waals surface area contributed by atoms with E-state index < -0.39 is 58.1 Å². The van der Waals surface area contributed by atoms with E-state index in [1.807, 2.05) is 33.7 Å². The number of aliphatic carboxylic acids is 1. The summed E-state index contributed by atoms with van der Waals surface area (Å²) >= 11 is 0. The van der Waals surface area contributed by atoms with Gasteiger partial charge in [0, 0.05) is 66.4 Å². The van der Waals surface area contributed by atoms with Crippen molar-refractivity contribution in [1.82, 2.24) is 4.58 Å². The highest BCUT2D eigenvalue weighted by molar-refractivity contribution is 7.86. The van der Waals surface area contributed by atoms with Gasteiger partial charge in [-0.3, -0.25) is 4.79 Å². The van der Waals surface area contributed by atoms with Gasteiger partial charge in [-0.15, -0.1) is 0 Å². The lowest BCUT2D eigenvalue weighted by Gasteiger charge is -2.31. The van der Waals surface area contributed by atoms with Crippen LogP contribution in [0.5, 0.6) is 0 Å². The van der Waals surface area contributed by atoms with Gasteiger partial charge in [-0.25, -0.2) is 29.8 Å². The molecule has 0 aromatic heterocycles. The minimum Gasteiger partial charge on any atom is -0.748 e. The van der Waals surface area contributed by atoms with Crippen molar-refractivity contribution in [3.63, 3.8) is 0 Å². The first kappa shape index (κ1) is 46.8. The number of anilines is 1. The Kier molecular flexibility index (Phi) is 15.3. The second-order valence-electron chi connectivity index (χ2n) is 15.7. The van der Waals surface area contributed by atoms with Gasteiger partial charge < -0.3 is 32.8 Å². The quantitative estimate of drug-likeness (QED) is 0.0930. The summed E-state index contributed by atoms with van der Waals surface area (Å²) in [6, 6.07) is 11.7. The molecule has 1 atom stereocenters. The summed E-state index contributed by atoms with van der Waals surface area (Å²) in [6.45, 7) is 9.45. The number of rotatable bonds is 20. The highest BCUT2D eigenvalue weighted by Crippen LogP contribution is 2.51. The minimum absolute atomic E-state index is 0.00161. The Bertz CT molecular complexity index is 2390. The van der Waals surface area contributed by atoms with Crippen LogP contribution in [-0.2, 0) is 50.7 Å². The number of fused-ring (bicyclic) bond motifs is 2. The van der Waals surface area contributed by atoms with Gasteiger partial charge in [0.15, 0.2) is 6.54 Å². The number of carboxylic acids is 1. The van der Waals surface area contributed by atoms with Crippen LogP contribution >= 0.6 is 0 Å². The van der Waals surface area contributed by atoms with Crippen LogP contribution in [-0.4, -0.2) is 94.8 Å². The smallest absolute Gasteiger partial charge is 0.303 e. The number of benzene rings is 2. The molecule has 15 nitrogen and oxygen atoms in total. The van der Waals surface area contributed by atoms with Crippen molar-refractivity contribution in [2.75, 3.05) is 49.8 Å². The zero-order valence-corrected chi connectivity index (χ0v) is 35.9. The third kappa shape index (κ3) is 12.8. The average Bonchev–Trinajstić information content (AvgIpc) is 3.33. The summed E-state index contributed by atoms with van der Waals surface area (Å²) in [6.07, 6.45) is 7.08. The molecule has 1 N–H and O–H groups in total. The van der Waals surface area contributed by atoms with Crippen LogP contribution in [0.25, 0.3) is 17.4 Å². The van der Waals surface area contributed by atoms with Gasteiger partial charge in [-0.2, -0.15) is 0 Å². The van der Waals surface area contributed by atoms with Gasteiger partial charge in [0.25, 0.3) is 0 Å². The molecule has 0 bridgehead atoms. The molecule has 3 aliphatic rings. The largest absolute Gasteiger partial charge is 0.748 e. The van der Waals surface area contributed by atoms with E-state index in [4.69, 9.17) is 14.3 Å². The van der Waals surface area contributed by atoms with E-state index in [-0.39, 0.29) is 37.6 Å². The summed E-state index contributed by atoms with van der Waals surface area (Å²) in [5, 5.41) is 9.86. The molecule has 0 saturated heterocycles. The van der Waals surface area contributed by atoms with E-state index in [2.05, 4.69) is 20.8 Å². The fraction of sp³-hybridized carbons (Fsp3) is 0.500. The lowest BCUT2D eigenvalue weighted by molar-refractivity contribution is -0.137. The molecule has 1 aromatic rings. The van der Waals surface area contributed by atoms with Crippen LogP contribution in [0, 0.1) is 0 Å². The highest BCUT2D eigenvalue weighted by Gasteiger charge is 2.43. The van der Waals surface area contributed by atoms with Crippen molar-refractivity contribution >= 4 is 48.1 Å². The summed E-state index contributed by atoms with van der Waals surface area (Å²) in [5.41, 5.74) is 2.16. The molecule has 320 valence electrons. The van der Waals surface area contributed by atoms with E-state index in [1.54, 1.807) is 32.3 Å². The second kappa shape index (κ2) is 19.0. The van der Waals surface area contributed by atoms with Crippen LogP contribution in [0.3, 0.4) is 0 Å². The maximum Gasteiger partial charge on any atom is 0.303 e. The number of unbranched alkanes of at least 4 members (excludes halogenated alkanes) is 2. The van der Waals surface area contributed by atoms with Gasteiger partial charge in [-0.05, 0) is 91.6 Å². The first-order valence-corrected chi connectivity index (χ1v) is 23.5. The third-order valence-corrected chi connectivity index (χ3v) is 12.6. The number of allylic oxidation sites excluding steroid dienone is 3. The Morgan fingerprint density at radius 2 is 1.60 bits per heavy atom. The molecule has 0 fully saturated rings. The molecule has 1 aromatic carbocycles. The monoisotopic (exact) mass is 864 g/mol. The molecule has 1 aliphatic carbocycles. The Labute approximate surface area is 341 Å². The van der Waals surface area contributed by atoms with Gasteiger partial charge >= 0.3 is 5.97 Å². The van der Waals surface area contributed by atoms with E-state index in [1.165, 1.54) is 18.2 Å². The third-order valence-electron chi connectivity index (χ3n) is 10.2. The molecular formula is C40H52N2O13S3-2. The number of hydrogen-bond donors (Lipinski definition) is 1.